The third-order valence-electron chi connectivity index (χ3n) is 9.09. The van der Waals surface area contributed by atoms with Crippen LogP contribution in [0.1, 0.15) is 70.1 Å². The molecule has 0 fully saturated rings. The molecule has 15 heteroatoms. The second kappa shape index (κ2) is 23.0. The summed E-state index contributed by atoms with van der Waals surface area (Å²) in [6.45, 7) is 6.60. The molecule has 0 spiro atoms. The number of nitrogens with two attached hydrogens (primary N) is 1. The number of hydrogen-bond acceptors (Lipinski definition) is 12. The molecule has 2 amide bonds. The van der Waals surface area contributed by atoms with Gasteiger partial charge in [0.2, 0.25) is 0 Å². The molecule has 0 saturated carbocycles. The average molecular weight is 757 g/mol. The number of amides is 2. The van der Waals surface area contributed by atoms with Crippen LogP contribution in [0.4, 0.5) is 11.6 Å². The molecular weight excluding hydrogens is 700 g/mol. The number of aliphatic hydroxyl groups excluding tert-OH is 4. The van der Waals surface area contributed by atoms with Crippen molar-refractivity contribution in [2.45, 2.75) is 70.8 Å². The predicted octanol–water partition coefficient (Wildman–Crippen LogP) is 2.13. The van der Waals surface area contributed by atoms with Crippen molar-refractivity contribution in [3.63, 3.8) is 0 Å². The maximum absolute atomic E-state index is 13.1. The highest BCUT2D eigenvalue weighted by Crippen LogP contribution is 2.20. The fourth-order valence-corrected chi connectivity index (χ4v) is 5.99. The summed E-state index contributed by atoms with van der Waals surface area (Å²) >= 11 is 6.05. The first kappa shape index (κ1) is 43.5. The van der Waals surface area contributed by atoms with Crippen molar-refractivity contribution >= 4 is 35.1 Å². The van der Waals surface area contributed by atoms with Crippen molar-refractivity contribution in [2.75, 3.05) is 64.0 Å². The summed E-state index contributed by atoms with van der Waals surface area (Å²) in [6, 6.07) is 15.5. The first-order chi connectivity index (χ1) is 25.5. The van der Waals surface area contributed by atoms with Gasteiger partial charge in [-0.05, 0) is 61.1 Å². The Hall–Kier alpha value is -3.89. The molecule has 0 aliphatic rings. The van der Waals surface area contributed by atoms with E-state index in [1.807, 2.05) is 29.2 Å². The maximum Gasteiger partial charge on any atom is 0.273 e. The Morgan fingerprint density at radius 3 is 2.34 bits per heavy atom. The molecule has 0 aliphatic carbocycles. The standard InChI is InChI=1S/C38H57ClN8O6/c1-4-5-6-9-17-47(23-30(49)33(51)31(50)24-48)18-16-43-37(52)28-14-12-26(13-15-28)20-42-21-27(19-29-11-8-7-10-25(29)2)22-44-38(53)32-36(41-3)46-35(40)34(39)45-32/h7-8,10-15,27,30-31,33,42,48-51H,4-6,9,16-24H2,1-3H3,(H,43,52)(H,44,53)(H3,40,41,46)/t27-,30?,31?,33?/m1/s1. The van der Waals surface area contributed by atoms with Crippen molar-refractivity contribution < 1.29 is 30.0 Å². The van der Waals surface area contributed by atoms with Crippen LogP contribution in [0.15, 0.2) is 48.5 Å². The minimum Gasteiger partial charge on any atom is -0.394 e. The highest BCUT2D eigenvalue weighted by Gasteiger charge is 2.26. The molecule has 0 bridgehead atoms. The predicted molar refractivity (Wildman–Crippen MR) is 208 cm³/mol. The van der Waals surface area contributed by atoms with Crippen LogP contribution in [0.5, 0.6) is 0 Å². The first-order valence-corrected chi connectivity index (χ1v) is 18.6. The number of anilines is 2. The largest absolute Gasteiger partial charge is 0.394 e. The quantitative estimate of drug-likeness (QED) is 0.0601. The molecule has 10 N–H and O–H groups in total. The molecule has 292 valence electrons. The Labute approximate surface area is 317 Å². The van der Waals surface area contributed by atoms with Crippen LogP contribution in [-0.4, -0.2) is 118 Å². The van der Waals surface area contributed by atoms with E-state index in [-0.39, 0.29) is 40.9 Å². The summed E-state index contributed by atoms with van der Waals surface area (Å²) in [4.78, 5) is 36.3. The zero-order valence-corrected chi connectivity index (χ0v) is 31.8. The minimum absolute atomic E-state index is 0.0337. The third-order valence-corrected chi connectivity index (χ3v) is 9.37. The smallest absolute Gasteiger partial charge is 0.273 e. The summed E-state index contributed by atoms with van der Waals surface area (Å²) in [5.41, 5.74) is 9.67. The highest BCUT2D eigenvalue weighted by atomic mass is 35.5. The molecule has 4 atom stereocenters. The van der Waals surface area contributed by atoms with Crippen LogP contribution >= 0.6 is 11.6 Å². The van der Waals surface area contributed by atoms with E-state index in [0.29, 0.717) is 44.8 Å². The number of aryl methyl sites for hydroxylation is 1. The molecule has 0 saturated heterocycles. The molecule has 2 aromatic carbocycles. The van der Waals surface area contributed by atoms with E-state index in [9.17, 15) is 24.9 Å². The van der Waals surface area contributed by atoms with Crippen LogP contribution in [0.3, 0.4) is 0 Å². The Bertz CT molecular complexity index is 1570. The number of rotatable bonds is 24. The summed E-state index contributed by atoms with van der Waals surface area (Å²) in [6.07, 6.45) is 0.682. The van der Waals surface area contributed by atoms with Gasteiger partial charge in [0.05, 0.1) is 12.7 Å². The zero-order valence-electron chi connectivity index (χ0n) is 31.0. The topological polar surface area (TPSA) is 218 Å². The van der Waals surface area contributed by atoms with Gasteiger partial charge in [0.1, 0.15) is 12.2 Å². The minimum atomic E-state index is -1.47. The van der Waals surface area contributed by atoms with Crippen LogP contribution in [0.2, 0.25) is 5.15 Å². The monoisotopic (exact) mass is 756 g/mol. The van der Waals surface area contributed by atoms with Gasteiger partial charge < -0.3 is 47.4 Å². The molecule has 53 heavy (non-hydrogen) atoms. The Balaban J connectivity index is 1.54. The van der Waals surface area contributed by atoms with Crippen LogP contribution < -0.4 is 27.0 Å². The molecule has 1 aromatic heterocycles. The van der Waals surface area contributed by atoms with Gasteiger partial charge in [-0.15, -0.1) is 0 Å². The van der Waals surface area contributed by atoms with E-state index in [1.165, 1.54) is 11.1 Å². The number of carbonyl (C=O) groups excluding carboxylic acids is 2. The molecule has 0 radical (unpaired) electrons. The Kier molecular flexibility index (Phi) is 18.9. The van der Waals surface area contributed by atoms with Gasteiger partial charge in [0, 0.05) is 51.9 Å². The molecule has 3 aromatic rings. The van der Waals surface area contributed by atoms with Crippen LogP contribution in [0, 0.1) is 12.8 Å². The van der Waals surface area contributed by atoms with Gasteiger partial charge in [-0.1, -0.05) is 74.2 Å². The van der Waals surface area contributed by atoms with E-state index in [1.54, 1.807) is 19.2 Å². The van der Waals surface area contributed by atoms with Crippen molar-refractivity contribution in [2.24, 2.45) is 5.92 Å². The van der Waals surface area contributed by atoms with E-state index in [2.05, 4.69) is 57.2 Å². The average Bonchev–Trinajstić information content (AvgIpc) is 3.16. The van der Waals surface area contributed by atoms with Crippen molar-refractivity contribution in [3.05, 3.63) is 81.6 Å². The number of nitrogens with zero attached hydrogens (tertiary/aromatic N) is 3. The lowest BCUT2D eigenvalue weighted by Gasteiger charge is -2.29. The normalized spacial score (nSPS) is 13.7. The number of carbonyl (C=O) groups is 2. The number of nitrogen functional groups attached to an aromatic ring is 1. The maximum atomic E-state index is 13.1. The van der Waals surface area contributed by atoms with Gasteiger partial charge in [-0.2, -0.15) is 0 Å². The number of halogens is 1. The SMILES string of the molecule is CCCCCCN(CCNC(=O)c1ccc(CNC[C@H](CNC(=O)c2nc(Cl)c(N)nc2NC)Cc2ccccc2C)cc1)CC(O)C(O)C(O)CO. The van der Waals surface area contributed by atoms with Crippen molar-refractivity contribution in [3.8, 4) is 0 Å². The summed E-state index contributed by atoms with van der Waals surface area (Å²) in [7, 11) is 1.63. The lowest BCUT2D eigenvalue weighted by Crippen LogP contribution is -2.47. The zero-order chi connectivity index (χ0) is 38.8. The molecule has 3 rings (SSSR count). The summed E-state index contributed by atoms with van der Waals surface area (Å²) in [5, 5.41) is 51.6. The summed E-state index contributed by atoms with van der Waals surface area (Å²) in [5.74, 6) is -0.333. The van der Waals surface area contributed by atoms with E-state index < -0.39 is 30.8 Å². The number of hydrogen-bond donors (Lipinski definition) is 9. The molecule has 14 nitrogen and oxygen atoms in total. The first-order valence-electron chi connectivity index (χ1n) is 18.3. The van der Waals surface area contributed by atoms with Gasteiger partial charge in [-0.25, -0.2) is 9.97 Å². The van der Waals surface area contributed by atoms with Crippen molar-refractivity contribution in [1.29, 1.82) is 0 Å². The van der Waals surface area contributed by atoms with E-state index >= 15 is 0 Å². The molecule has 0 aliphatic heterocycles. The molecule has 3 unspecified atom stereocenters. The third kappa shape index (κ3) is 14.5. The molecule has 1 heterocycles. The van der Waals surface area contributed by atoms with Gasteiger partial charge in [0.15, 0.2) is 22.5 Å². The fraction of sp³-hybridized carbons (Fsp3) is 0.526. The highest BCUT2D eigenvalue weighted by molar-refractivity contribution is 6.31. The van der Waals surface area contributed by atoms with Gasteiger partial charge >= 0.3 is 0 Å². The Morgan fingerprint density at radius 1 is 0.925 bits per heavy atom. The molecular formula is C38H57ClN8O6. The van der Waals surface area contributed by atoms with Crippen LogP contribution in [0.25, 0.3) is 0 Å². The van der Waals surface area contributed by atoms with Gasteiger partial charge in [-0.3, -0.25) is 14.5 Å². The number of aliphatic hydroxyl groups is 4. The second-order valence-corrected chi connectivity index (χ2v) is 13.7. The van der Waals surface area contributed by atoms with Crippen molar-refractivity contribution in [1.82, 2.24) is 30.8 Å². The summed E-state index contributed by atoms with van der Waals surface area (Å²) < 4.78 is 0. The number of nitrogens with one attached hydrogen (secondary N) is 4. The van der Waals surface area contributed by atoms with Crippen LogP contribution in [-0.2, 0) is 13.0 Å². The van der Waals surface area contributed by atoms with E-state index in [0.717, 1.165) is 37.7 Å². The number of benzene rings is 2. The second-order valence-electron chi connectivity index (χ2n) is 13.3. The number of unbranched alkanes of at least 4 members (excludes halogenated alkanes) is 3. The fourth-order valence-electron chi connectivity index (χ4n) is 5.87. The van der Waals surface area contributed by atoms with Gasteiger partial charge in [0.25, 0.3) is 11.8 Å². The Morgan fingerprint density at radius 2 is 1.66 bits per heavy atom. The lowest BCUT2D eigenvalue weighted by molar-refractivity contribution is -0.0840. The number of aromatic nitrogens is 2. The lowest BCUT2D eigenvalue weighted by atomic mass is 9.95. The van der Waals surface area contributed by atoms with E-state index in [4.69, 9.17) is 22.4 Å².